The number of benzene rings is 1. The molecule has 1 amide bonds. The lowest BCUT2D eigenvalue weighted by Crippen LogP contribution is -2.25. The van der Waals surface area contributed by atoms with Crippen molar-refractivity contribution in [1.82, 2.24) is 0 Å². The van der Waals surface area contributed by atoms with Gasteiger partial charge < -0.3 is 21.3 Å². The molecule has 0 spiro atoms. The van der Waals surface area contributed by atoms with Gasteiger partial charge in [0.2, 0.25) is 5.91 Å². The topological polar surface area (TPSA) is 116 Å². The molecule has 0 fully saturated rings. The third kappa shape index (κ3) is 3.37. The number of ether oxygens (including phenoxy) is 1. The van der Waals surface area contributed by atoms with Crippen molar-refractivity contribution in [2.45, 2.75) is 6.92 Å². The third-order valence-corrected chi connectivity index (χ3v) is 2.23. The molecule has 92 valence electrons. The summed E-state index contributed by atoms with van der Waals surface area (Å²) in [6.45, 7) is 1.73. The molecule has 0 aliphatic heterocycles. The van der Waals surface area contributed by atoms with E-state index in [9.17, 15) is 9.59 Å². The summed E-state index contributed by atoms with van der Waals surface area (Å²) >= 11 is 0. The lowest BCUT2D eigenvalue weighted by molar-refractivity contribution is -0.122. The van der Waals surface area contributed by atoms with Crippen molar-refractivity contribution >= 4 is 17.6 Å². The molecule has 0 heterocycles. The Balaban J connectivity index is 2.73. The van der Waals surface area contributed by atoms with Crippen LogP contribution in [0.3, 0.4) is 0 Å². The number of anilines is 1. The number of hydrogen-bond acceptors (Lipinski definition) is 4. The predicted molar refractivity (Wildman–Crippen MR) is 61.7 cm³/mol. The number of primary amides is 1. The Morgan fingerprint density at radius 1 is 1.47 bits per heavy atom. The van der Waals surface area contributed by atoms with Crippen molar-refractivity contribution in [2.75, 3.05) is 12.3 Å². The zero-order valence-corrected chi connectivity index (χ0v) is 9.34. The van der Waals surface area contributed by atoms with E-state index in [2.05, 4.69) is 0 Å². The molecule has 0 aliphatic rings. The number of carboxylic acids is 1. The van der Waals surface area contributed by atoms with Crippen LogP contribution in [0.5, 0.6) is 5.75 Å². The van der Waals surface area contributed by atoms with Crippen molar-refractivity contribution in [1.29, 1.82) is 0 Å². The van der Waals surface area contributed by atoms with Gasteiger partial charge in [0, 0.05) is 0 Å². The van der Waals surface area contributed by atoms with Crippen LogP contribution >= 0.6 is 0 Å². The van der Waals surface area contributed by atoms with Gasteiger partial charge >= 0.3 is 5.97 Å². The molecule has 1 atom stereocenters. The first kappa shape index (κ1) is 12.8. The first-order valence-electron chi connectivity index (χ1n) is 4.96. The van der Waals surface area contributed by atoms with Crippen LogP contribution in [0, 0.1) is 5.92 Å². The van der Waals surface area contributed by atoms with Gasteiger partial charge in [0.15, 0.2) is 0 Å². The second-order valence-corrected chi connectivity index (χ2v) is 3.67. The van der Waals surface area contributed by atoms with E-state index < -0.39 is 17.8 Å². The third-order valence-electron chi connectivity index (χ3n) is 2.23. The summed E-state index contributed by atoms with van der Waals surface area (Å²) < 4.78 is 5.28. The highest BCUT2D eigenvalue weighted by atomic mass is 16.5. The van der Waals surface area contributed by atoms with Gasteiger partial charge in [0.25, 0.3) is 0 Å². The maximum absolute atomic E-state index is 10.8. The number of aromatic carboxylic acids is 1. The Kier molecular flexibility index (Phi) is 3.92. The molecule has 6 nitrogen and oxygen atoms in total. The average molecular weight is 238 g/mol. The minimum absolute atomic E-state index is 0.0813. The van der Waals surface area contributed by atoms with Crippen LogP contribution in [0.2, 0.25) is 0 Å². The van der Waals surface area contributed by atoms with Crippen LogP contribution in [0.1, 0.15) is 17.3 Å². The lowest BCUT2D eigenvalue weighted by Gasteiger charge is -2.12. The number of nitrogen functional groups attached to an aromatic ring is 1. The van der Waals surface area contributed by atoms with Gasteiger partial charge in [0.05, 0.1) is 23.8 Å². The SMILES string of the molecule is CC(COc1ccc(C(=O)O)cc1N)C(N)=O. The number of nitrogens with two attached hydrogens (primary N) is 2. The zero-order valence-electron chi connectivity index (χ0n) is 9.34. The van der Waals surface area contributed by atoms with Gasteiger partial charge in [-0.05, 0) is 18.2 Å². The Labute approximate surface area is 98.2 Å². The fourth-order valence-electron chi connectivity index (χ4n) is 1.11. The summed E-state index contributed by atoms with van der Waals surface area (Å²) in [4.78, 5) is 21.4. The van der Waals surface area contributed by atoms with E-state index in [0.29, 0.717) is 5.75 Å². The van der Waals surface area contributed by atoms with Crippen molar-refractivity contribution in [3.05, 3.63) is 23.8 Å². The first-order valence-corrected chi connectivity index (χ1v) is 4.96. The second kappa shape index (κ2) is 5.20. The maximum Gasteiger partial charge on any atom is 0.335 e. The number of amides is 1. The number of carbonyl (C=O) groups is 2. The first-order chi connectivity index (χ1) is 7.91. The molecule has 1 unspecified atom stereocenters. The Morgan fingerprint density at radius 2 is 2.12 bits per heavy atom. The Hall–Kier alpha value is -2.24. The summed E-state index contributed by atoms with van der Waals surface area (Å²) in [5.41, 5.74) is 11.0. The number of rotatable bonds is 5. The van der Waals surface area contributed by atoms with Crippen molar-refractivity contribution < 1.29 is 19.4 Å². The van der Waals surface area contributed by atoms with Gasteiger partial charge in [-0.2, -0.15) is 0 Å². The number of carbonyl (C=O) groups excluding carboxylic acids is 1. The largest absolute Gasteiger partial charge is 0.491 e. The summed E-state index contributed by atoms with van der Waals surface area (Å²) in [6, 6.07) is 4.13. The molecule has 1 aromatic rings. The average Bonchev–Trinajstić information content (AvgIpc) is 2.26. The summed E-state index contributed by atoms with van der Waals surface area (Å²) in [6.07, 6.45) is 0. The molecule has 1 rings (SSSR count). The highest BCUT2D eigenvalue weighted by molar-refractivity contribution is 5.89. The summed E-state index contributed by atoms with van der Waals surface area (Å²) in [7, 11) is 0. The van der Waals surface area contributed by atoms with Gasteiger partial charge in [0.1, 0.15) is 5.75 Å². The minimum Gasteiger partial charge on any atom is -0.491 e. The smallest absolute Gasteiger partial charge is 0.335 e. The van der Waals surface area contributed by atoms with Gasteiger partial charge in [-0.1, -0.05) is 6.92 Å². The van der Waals surface area contributed by atoms with E-state index in [0.717, 1.165) is 0 Å². The Bertz CT molecular complexity index is 445. The van der Waals surface area contributed by atoms with E-state index in [1.807, 2.05) is 0 Å². The van der Waals surface area contributed by atoms with Crippen LogP contribution in [0.15, 0.2) is 18.2 Å². The highest BCUT2D eigenvalue weighted by Gasteiger charge is 2.11. The van der Waals surface area contributed by atoms with E-state index in [4.69, 9.17) is 21.3 Å². The van der Waals surface area contributed by atoms with Crippen LogP contribution in [-0.4, -0.2) is 23.6 Å². The lowest BCUT2D eigenvalue weighted by atomic mass is 10.2. The maximum atomic E-state index is 10.8. The molecule has 6 heteroatoms. The zero-order chi connectivity index (χ0) is 13.0. The second-order valence-electron chi connectivity index (χ2n) is 3.67. The molecular weight excluding hydrogens is 224 g/mol. The van der Waals surface area contributed by atoms with Crippen molar-refractivity contribution in [3.63, 3.8) is 0 Å². The van der Waals surface area contributed by atoms with Crippen LogP contribution in [0.25, 0.3) is 0 Å². The molecule has 0 saturated heterocycles. The van der Waals surface area contributed by atoms with Gasteiger partial charge in [-0.15, -0.1) is 0 Å². The molecule has 0 aliphatic carbocycles. The number of hydrogen-bond donors (Lipinski definition) is 3. The van der Waals surface area contributed by atoms with Gasteiger partial charge in [-0.25, -0.2) is 4.79 Å². The molecular formula is C11H14N2O4. The quantitative estimate of drug-likeness (QED) is 0.645. The van der Waals surface area contributed by atoms with Crippen LogP contribution in [-0.2, 0) is 4.79 Å². The van der Waals surface area contributed by atoms with Gasteiger partial charge in [-0.3, -0.25) is 4.79 Å². The Morgan fingerprint density at radius 3 is 2.59 bits per heavy atom. The fourth-order valence-corrected chi connectivity index (χ4v) is 1.11. The van der Waals surface area contributed by atoms with E-state index in [1.165, 1.54) is 18.2 Å². The monoisotopic (exact) mass is 238 g/mol. The van der Waals surface area contributed by atoms with Crippen LogP contribution in [0.4, 0.5) is 5.69 Å². The molecule has 0 radical (unpaired) electrons. The molecule has 0 aromatic heterocycles. The fraction of sp³-hybridized carbons (Fsp3) is 0.273. The normalized spacial score (nSPS) is 11.8. The van der Waals surface area contributed by atoms with E-state index in [-0.39, 0.29) is 17.9 Å². The minimum atomic E-state index is -1.06. The highest BCUT2D eigenvalue weighted by Crippen LogP contribution is 2.23. The predicted octanol–water partition coefficient (Wildman–Crippen LogP) is 0.467. The van der Waals surface area contributed by atoms with E-state index >= 15 is 0 Å². The number of carboxylic acid groups (broad SMARTS) is 1. The molecule has 5 N–H and O–H groups in total. The molecule has 1 aromatic carbocycles. The van der Waals surface area contributed by atoms with Crippen LogP contribution < -0.4 is 16.2 Å². The molecule has 0 saturated carbocycles. The van der Waals surface area contributed by atoms with Crippen molar-refractivity contribution in [3.8, 4) is 5.75 Å². The standard InChI is InChI=1S/C11H14N2O4/c1-6(10(13)14)5-17-9-3-2-7(11(15)16)4-8(9)12/h2-4,6H,5,12H2,1H3,(H2,13,14)(H,15,16). The summed E-state index contributed by atoms with van der Waals surface area (Å²) in [5, 5.41) is 8.73. The van der Waals surface area contributed by atoms with Crippen molar-refractivity contribution in [2.24, 2.45) is 11.7 Å². The summed E-state index contributed by atoms with van der Waals surface area (Å²) in [5.74, 6) is -1.63. The molecule has 0 bridgehead atoms. The molecule has 17 heavy (non-hydrogen) atoms. The van der Waals surface area contributed by atoms with E-state index in [1.54, 1.807) is 6.92 Å².